The number of hydrogen-bond donors (Lipinski definition) is 1. The predicted octanol–water partition coefficient (Wildman–Crippen LogP) is 3.26. The lowest BCUT2D eigenvalue weighted by Crippen LogP contribution is -2.38. The number of hydrogen-bond acceptors (Lipinski definition) is 2. The molecular weight excluding hydrogens is 361 g/mol. The van der Waals surface area contributed by atoms with Crippen molar-refractivity contribution in [2.75, 3.05) is 19.6 Å². The van der Waals surface area contributed by atoms with E-state index in [0.29, 0.717) is 31.0 Å². The molecule has 6 heteroatoms. The summed E-state index contributed by atoms with van der Waals surface area (Å²) in [6.07, 6.45) is 6.69. The number of rotatable bonds is 7. The van der Waals surface area contributed by atoms with Crippen LogP contribution < -0.4 is 5.32 Å². The van der Waals surface area contributed by atoms with Crippen molar-refractivity contribution < 1.29 is 9.18 Å². The maximum absolute atomic E-state index is 13.1. The molecule has 2 aliphatic rings. The number of aromatic nitrogens is 1. The van der Waals surface area contributed by atoms with Crippen molar-refractivity contribution in [1.82, 2.24) is 14.8 Å². The van der Waals surface area contributed by atoms with Gasteiger partial charge in [-0.3, -0.25) is 4.79 Å². The molecule has 0 saturated heterocycles. The highest BCUT2D eigenvalue weighted by Crippen LogP contribution is 2.35. The van der Waals surface area contributed by atoms with Crippen LogP contribution in [-0.4, -0.2) is 41.1 Å². The average Bonchev–Trinajstić information content (AvgIpc) is 3.33. The van der Waals surface area contributed by atoms with Crippen molar-refractivity contribution in [2.45, 2.75) is 45.2 Å². The van der Waals surface area contributed by atoms with Crippen LogP contribution in [0.3, 0.4) is 0 Å². The Morgan fingerprint density at radius 3 is 2.96 bits per heavy atom. The van der Waals surface area contributed by atoms with E-state index < -0.39 is 0 Å². The topological polar surface area (TPSA) is 37.3 Å². The molecular formula is C17H23BrFN3O. The highest BCUT2D eigenvalue weighted by Gasteiger charge is 2.37. The van der Waals surface area contributed by atoms with Gasteiger partial charge in [0.25, 0.3) is 5.91 Å². The van der Waals surface area contributed by atoms with E-state index in [2.05, 4.69) is 28.2 Å². The summed E-state index contributed by atoms with van der Waals surface area (Å²) in [5, 5.41) is 3.21. The summed E-state index contributed by atoms with van der Waals surface area (Å²) in [6, 6.07) is 0.442. The van der Waals surface area contributed by atoms with E-state index in [4.69, 9.17) is 0 Å². The molecule has 1 aromatic heterocycles. The number of fused-ring (bicyclic) bond motifs is 1. The molecule has 0 radical (unpaired) electrons. The van der Waals surface area contributed by atoms with E-state index in [1.54, 1.807) is 0 Å². The molecule has 1 amide bonds. The minimum Gasteiger partial charge on any atom is -0.337 e. The monoisotopic (exact) mass is 383 g/mol. The smallest absolute Gasteiger partial charge is 0.255 e. The second-order valence-corrected chi connectivity index (χ2v) is 7.12. The molecule has 0 spiro atoms. The first-order chi connectivity index (χ1) is 11.2. The molecule has 1 aliphatic carbocycles. The minimum absolute atomic E-state index is 0.128. The summed E-state index contributed by atoms with van der Waals surface area (Å²) in [7, 11) is 0. The molecule has 0 unspecified atom stereocenters. The fraction of sp³-hybridized carbons (Fsp3) is 0.588. The van der Waals surface area contributed by atoms with E-state index in [9.17, 15) is 9.18 Å². The van der Waals surface area contributed by atoms with Gasteiger partial charge in [0.15, 0.2) is 0 Å². The van der Waals surface area contributed by atoms with E-state index in [1.165, 1.54) is 0 Å². The van der Waals surface area contributed by atoms with Crippen molar-refractivity contribution in [3.8, 4) is 0 Å². The Hall–Kier alpha value is -1.14. The van der Waals surface area contributed by atoms with Crippen molar-refractivity contribution in [3.63, 3.8) is 0 Å². The summed E-state index contributed by atoms with van der Waals surface area (Å²) in [5.41, 5.74) is 2.51. The third-order valence-electron chi connectivity index (χ3n) is 4.50. The second kappa shape index (κ2) is 7.18. The van der Waals surface area contributed by atoms with Crippen molar-refractivity contribution in [1.29, 1.82) is 0 Å². The van der Waals surface area contributed by atoms with Gasteiger partial charge in [-0.05, 0) is 59.3 Å². The van der Waals surface area contributed by atoms with Crippen LogP contribution >= 0.6 is 15.9 Å². The van der Waals surface area contributed by atoms with Gasteiger partial charge in [-0.15, -0.1) is 0 Å². The highest BCUT2D eigenvalue weighted by atomic mass is 79.9. The normalized spacial score (nSPS) is 18.5. The largest absolute Gasteiger partial charge is 0.337 e. The maximum atomic E-state index is 13.1. The number of halogens is 2. The molecule has 1 saturated carbocycles. The molecule has 0 atom stereocenters. The summed E-state index contributed by atoms with van der Waals surface area (Å²) in [4.78, 5) is 14.6. The molecule has 1 fully saturated rings. The van der Waals surface area contributed by atoms with Gasteiger partial charge in [0.2, 0.25) is 0 Å². The van der Waals surface area contributed by atoms with Crippen LogP contribution in [0.5, 0.6) is 0 Å². The number of nitrogens with one attached hydrogen (secondary N) is 1. The summed E-state index contributed by atoms with van der Waals surface area (Å²) < 4.78 is 16.0. The Labute approximate surface area is 144 Å². The first-order valence-electron chi connectivity index (χ1n) is 8.33. The molecule has 2 heterocycles. The molecule has 0 bridgehead atoms. The Bertz CT molecular complexity index is 622. The molecule has 0 aromatic carbocycles. The second-order valence-electron chi connectivity index (χ2n) is 6.36. The van der Waals surface area contributed by atoms with Crippen molar-refractivity contribution in [2.24, 2.45) is 0 Å². The fourth-order valence-electron chi connectivity index (χ4n) is 3.11. The molecule has 1 N–H and O–H groups in total. The molecule has 23 heavy (non-hydrogen) atoms. The Morgan fingerprint density at radius 2 is 2.30 bits per heavy atom. The molecule has 3 rings (SSSR count). The van der Waals surface area contributed by atoms with Crippen LogP contribution in [0.4, 0.5) is 4.39 Å². The van der Waals surface area contributed by atoms with E-state index >= 15 is 0 Å². The van der Waals surface area contributed by atoms with Crippen LogP contribution in [0.1, 0.15) is 42.1 Å². The number of carbonyl (C=O) groups excluding carboxylic acids is 1. The summed E-state index contributed by atoms with van der Waals surface area (Å²) >= 11 is 3.60. The van der Waals surface area contributed by atoms with E-state index in [1.807, 2.05) is 15.7 Å². The standard InChI is InChI=1S/C17H23BrFN3O/c1-2-6-20-9-12(8-19)10-21-11-15-14(16(21)18)5-7-22(17(15)23)13-3-4-13/h8,11,13,20H,2-7,9-10H2,1H3/b12-8+. The van der Waals surface area contributed by atoms with Gasteiger partial charge < -0.3 is 14.8 Å². The number of carbonyl (C=O) groups is 1. The zero-order valence-corrected chi connectivity index (χ0v) is 15.0. The zero-order chi connectivity index (χ0) is 16.4. The van der Waals surface area contributed by atoms with E-state index in [-0.39, 0.29) is 5.91 Å². The van der Waals surface area contributed by atoms with Crippen molar-refractivity contribution in [3.05, 3.63) is 33.8 Å². The third-order valence-corrected chi connectivity index (χ3v) is 5.43. The van der Waals surface area contributed by atoms with Crippen LogP contribution in [0, 0.1) is 0 Å². The van der Waals surface area contributed by atoms with Crippen molar-refractivity contribution >= 4 is 21.8 Å². The van der Waals surface area contributed by atoms with Crippen LogP contribution in [0.2, 0.25) is 0 Å². The fourth-order valence-corrected chi connectivity index (χ4v) is 3.75. The summed E-state index contributed by atoms with van der Waals surface area (Å²) in [6.45, 7) is 4.73. The lowest BCUT2D eigenvalue weighted by Gasteiger charge is -2.26. The van der Waals surface area contributed by atoms with Gasteiger partial charge in [-0.2, -0.15) is 0 Å². The Morgan fingerprint density at radius 1 is 1.52 bits per heavy atom. The Kier molecular flexibility index (Phi) is 5.21. The summed E-state index contributed by atoms with van der Waals surface area (Å²) in [5.74, 6) is 0.128. The number of nitrogens with zero attached hydrogens (tertiary/aromatic N) is 2. The Balaban J connectivity index is 1.74. The molecule has 1 aliphatic heterocycles. The van der Waals surface area contributed by atoms with Gasteiger partial charge in [0.1, 0.15) is 0 Å². The van der Waals surface area contributed by atoms with Crippen LogP contribution in [0.25, 0.3) is 0 Å². The van der Waals surface area contributed by atoms with Gasteiger partial charge in [-0.25, -0.2) is 4.39 Å². The van der Waals surface area contributed by atoms with Gasteiger partial charge >= 0.3 is 0 Å². The predicted molar refractivity (Wildman–Crippen MR) is 92.2 cm³/mol. The van der Waals surface area contributed by atoms with Gasteiger partial charge in [-0.1, -0.05) is 6.92 Å². The van der Waals surface area contributed by atoms with Gasteiger partial charge in [0, 0.05) is 31.9 Å². The molecule has 4 nitrogen and oxygen atoms in total. The van der Waals surface area contributed by atoms with Gasteiger partial charge in [0.05, 0.1) is 16.5 Å². The first-order valence-corrected chi connectivity index (χ1v) is 9.12. The van der Waals surface area contributed by atoms with Crippen LogP contribution in [-0.2, 0) is 13.0 Å². The lowest BCUT2D eigenvalue weighted by molar-refractivity contribution is 0.0727. The highest BCUT2D eigenvalue weighted by molar-refractivity contribution is 9.10. The SMILES string of the molecule is CCCNC/C(=C\F)Cn1cc2c(c1Br)CCN(C1CC1)C2=O. The van der Waals surface area contributed by atoms with E-state index in [0.717, 1.165) is 54.5 Å². The first kappa shape index (κ1) is 16.7. The number of amides is 1. The molecule has 1 aromatic rings. The average molecular weight is 384 g/mol. The minimum atomic E-state index is 0.128. The zero-order valence-electron chi connectivity index (χ0n) is 13.4. The molecule has 126 valence electrons. The maximum Gasteiger partial charge on any atom is 0.255 e. The lowest BCUT2D eigenvalue weighted by atomic mass is 10.0. The quantitative estimate of drug-likeness (QED) is 0.733. The third kappa shape index (κ3) is 3.53. The van der Waals surface area contributed by atoms with Crippen LogP contribution in [0.15, 0.2) is 22.7 Å².